The standard InChI is InChI=1S/C16H19N7O2/c1-11-7-22(8-12(2)25-11)16(24)10-23-9-14(5-20-23)21-15-6-18-13(3-17)4-19-15/h4-6,9,11-12H,7-8,10H2,1-2H3,(H,19,21)/t11-,12+. The van der Waals surface area contributed by atoms with Crippen molar-refractivity contribution in [2.24, 2.45) is 0 Å². The smallest absolute Gasteiger partial charge is 0.244 e. The average molecular weight is 341 g/mol. The van der Waals surface area contributed by atoms with Crippen LogP contribution in [0.4, 0.5) is 11.5 Å². The number of rotatable bonds is 4. The van der Waals surface area contributed by atoms with Gasteiger partial charge in [-0.25, -0.2) is 9.97 Å². The molecule has 0 spiro atoms. The van der Waals surface area contributed by atoms with Crippen molar-refractivity contribution in [3.05, 3.63) is 30.5 Å². The molecule has 0 aliphatic carbocycles. The van der Waals surface area contributed by atoms with Crippen LogP contribution in [0.25, 0.3) is 0 Å². The van der Waals surface area contributed by atoms with E-state index in [2.05, 4.69) is 20.4 Å². The predicted molar refractivity (Wildman–Crippen MR) is 88.8 cm³/mol. The highest BCUT2D eigenvalue weighted by Crippen LogP contribution is 2.14. The van der Waals surface area contributed by atoms with Crippen LogP contribution in [0.3, 0.4) is 0 Å². The molecule has 1 N–H and O–H groups in total. The largest absolute Gasteiger partial charge is 0.372 e. The fourth-order valence-electron chi connectivity index (χ4n) is 2.73. The monoisotopic (exact) mass is 341 g/mol. The van der Waals surface area contributed by atoms with Crippen molar-refractivity contribution in [3.8, 4) is 6.07 Å². The van der Waals surface area contributed by atoms with Gasteiger partial charge in [0.1, 0.15) is 18.4 Å². The number of carbonyl (C=O) groups is 1. The molecule has 1 fully saturated rings. The molecular weight excluding hydrogens is 322 g/mol. The molecule has 2 aromatic heterocycles. The molecule has 1 aliphatic heterocycles. The summed E-state index contributed by atoms with van der Waals surface area (Å²) in [6.45, 7) is 5.28. The molecule has 0 saturated carbocycles. The third-order valence-corrected chi connectivity index (χ3v) is 3.74. The molecule has 2 aromatic rings. The van der Waals surface area contributed by atoms with Gasteiger partial charge in [-0.1, -0.05) is 0 Å². The highest BCUT2D eigenvalue weighted by Gasteiger charge is 2.25. The van der Waals surface area contributed by atoms with Gasteiger partial charge >= 0.3 is 0 Å². The van der Waals surface area contributed by atoms with Crippen LogP contribution in [-0.2, 0) is 16.1 Å². The maximum absolute atomic E-state index is 12.4. The van der Waals surface area contributed by atoms with E-state index < -0.39 is 0 Å². The Morgan fingerprint density at radius 1 is 1.32 bits per heavy atom. The molecule has 3 rings (SSSR count). The molecule has 0 bridgehead atoms. The van der Waals surface area contributed by atoms with E-state index in [0.717, 1.165) is 0 Å². The molecule has 1 saturated heterocycles. The summed E-state index contributed by atoms with van der Waals surface area (Å²) in [4.78, 5) is 22.3. The van der Waals surface area contributed by atoms with E-state index in [1.165, 1.54) is 12.4 Å². The molecule has 3 heterocycles. The second-order valence-corrected chi connectivity index (χ2v) is 6.01. The Labute approximate surface area is 145 Å². The number of anilines is 2. The highest BCUT2D eigenvalue weighted by molar-refractivity contribution is 5.76. The van der Waals surface area contributed by atoms with Crippen LogP contribution in [0.15, 0.2) is 24.8 Å². The fraction of sp³-hybridized carbons (Fsp3) is 0.438. The summed E-state index contributed by atoms with van der Waals surface area (Å²) in [7, 11) is 0. The lowest BCUT2D eigenvalue weighted by atomic mass is 10.2. The highest BCUT2D eigenvalue weighted by atomic mass is 16.5. The summed E-state index contributed by atoms with van der Waals surface area (Å²) in [6, 6.07) is 1.91. The van der Waals surface area contributed by atoms with Gasteiger partial charge in [-0.2, -0.15) is 10.4 Å². The number of ether oxygens (including phenoxy) is 1. The predicted octanol–water partition coefficient (Wildman–Crippen LogP) is 0.924. The summed E-state index contributed by atoms with van der Waals surface area (Å²) in [5, 5.41) is 15.9. The quantitative estimate of drug-likeness (QED) is 0.881. The van der Waals surface area contributed by atoms with E-state index in [-0.39, 0.29) is 30.4 Å². The minimum Gasteiger partial charge on any atom is -0.372 e. The Morgan fingerprint density at radius 2 is 2.08 bits per heavy atom. The molecule has 9 heteroatoms. The molecule has 0 unspecified atom stereocenters. The zero-order valence-corrected chi connectivity index (χ0v) is 14.1. The normalized spacial score (nSPS) is 20.1. The van der Waals surface area contributed by atoms with Crippen molar-refractivity contribution in [2.75, 3.05) is 18.4 Å². The van der Waals surface area contributed by atoms with Gasteiger partial charge in [0.05, 0.1) is 36.5 Å². The van der Waals surface area contributed by atoms with Crippen molar-refractivity contribution < 1.29 is 9.53 Å². The van der Waals surface area contributed by atoms with E-state index in [0.29, 0.717) is 24.6 Å². The number of amides is 1. The molecule has 25 heavy (non-hydrogen) atoms. The SMILES string of the molecule is C[C@@H]1CN(C(=O)Cn2cc(Nc3cnc(C#N)cn3)cn2)C[C@H](C)O1. The number of morpholine rings is 1. The van der Waals surface area contributed by atoms with E-state index >= 15 is 0 Å². The topological polar surface area (TPSA) is 109 Å². The molecule has 0 aromatic carbocycles. The zero-order valence-electron chi connectivity index (χ0n) is 14.1. The third-order valence-electron chi connectivity index (χ3n) is 3.74. The summed E-state index contributed by atoms with van der Waals surface area (Å²) >= 11 is 0. The summed E-state index contributed by atoms with van der Waals surface area (Å²) in [6.07, 6.45) is 6.27. The lowest BCUT2D eigenvalue weighted by Crippen LogP contribution is -2.49. The second-order valence-electron chi connectivity index (χ2n) is 6.01. The Bertz CT molecular complexity index is 771. The van der Waals surface area contributed by atoms with E-state index in [9.17, 15) is 4.79 Å². The summed E-state index contributed by atoms with van der Waals surface area (Å²) < 4.78 is 7.22. The summed E-state index contributed by atoms with van der Waals surface area (Å²) in [5.41, 5.74) is 0.941. The molecule has 0 radical (unpaired) electrons. The average Bonchev–Trinajstić information content (AvgIpc) is 3.01. The lowest BCUT2D eigenvalue weighted by Gasteiger charge is -2.35. The van der Waals surface area contributed by atoms with Crippen molar-refractivity contribution in [1.29, 1.82) is 5.26 Å². The van der Waals surface area contributed by atoms with E-state index in [4.69, 9.17) is 10.00 Å². The van der Waals surface area contributed by atoms with Gasteiger partial charge in [0, 0.05) is 19.3 Å². The first kappa shape index (κ1) is 16.9. The van der Waals surface area contributed by atoms with Gasteiger partial charge in [-0.3, -0.25) is 9.48 Å². The van der Waals surface area contributed by atoms with Gasteiger partial charge < -0.3 is 15.0 Å². The van der Waals surface area contributed by atoms with E-state index in [1.807, 2.05) is 19.9 Å². The third kappa shape index (κ3) is 4.30. The van der Waals surface area contributed by atoms with Crippen molar-refractivity contribution in [2.45, 2.75) is 32.6 Å². The van der Waals surface area contributed by atoms with Gasteiger partial charge in [-0.05, 0) is 13.8 Å². The first-order valence-corrected chi connectivity index (χ1v) is 7.98. The van der Waals surface area contributed by atoms with Crippen LogP contribution in [0.1, 0.15) is 19.5 Å². The van der Waals surface area contributed by atoms with Crippen LogP contribution >= 0.6 is 0 Å². The minimum absolute atomic E-state index is 0.00909. The minimum atomic E-state index is 0.00909. The Balaban J connectivity index is 1.59. The van der Waals surface area contributed by atoms with Crippen molar-refractivity contribution >= 4 is 17.4 Å². The lowest BCUT2D eigenvalue weighted by molar-refractivity contribution is -0.144. The number of hydrogen-bond acceptors (Lipinski definition) is 7. The first-order valence-electron chi connectivity index (χ1n) is 7.98. The molecular formula is C16H19N7O2. The summed E-state index contributed by atoms with van der Waals surface area (Å²) in [5.74, 6) is 0.510. The van der Waals surface area contributed by atoms with Gasteiger partial charge in [0.25, 0.3) is 0 Å². The molecule has 2 atom stereocenters. The number of aromatic nitrogens is 4. The van der Waals surface area contributed by atoms with E-state index in [1.54, 1.807) is 22.0 Å². The van der Waals surface area contributed by atoms with Crippen LogP contribution in [0.5, 0.6) is 0 Å². The maximum Gasteiger partial charge on any atom is 0.244 e. The molecule has 1 aliphatic rings. The van der Waals surface area contributed by atoms with Crippen LogP contribution in [-0.4, -0.2) is 55.9 Å². The second kappa shape index (κ2) is 7.27. The number of hydrogen-bond donors (Lipinski definition) is 1. The first-order chi connectivity index (χ1) is 12.0. The number of nitrogens with one attached hydrogen (secondary N) is 1. The number of carbonyl (C=O) groups excluding carboxylic acids is 1. The maximum atomic E-state index is 12.4. The molecule has 130 valence electrons. The molecule has 1 amide bonds. The Kier molecular flexibility index (Phi) is 4.90. The zero-order chi connectivity index (χ0) is 17.8. The number of nitrogens with zero attached hydrogens (tertiary/aromatic N) is 6. The van der Waals surface area contributed by atoms with Gasteiger partial charge in [0.2, 0.25) is 5.91 Å². The van der Waals surface area contributed by atoms with Gasteiger partial charge in [0.15, 0.2) is 5.69 Å². The van der Waals surface area contributed by atoms with Gasteiger partial charge in [-0.15, -0.1) is 0 Å². The Morgan fingerprint density at radius 3 is 2.72 bits per heavy atom. The number of nitriles is 1. The molecule has 9 nitrogen and oxygen atoms in total. The van der Waals surface area contributed by atoms with Crippen molar-refractivity contribution in [3.63, 3.8) is 0 Å². The Hall–Kier alpha value is -2.99. The van der Waals surface area contributed by atoms with Crippen LogP contribution in [0.2, 0.25) is 0 Å². The fourth-order valence-corrected chi connectivity index (χ4v) is 2.73. The van der Waals surface area contributed by atoms with Crippen molar-refractivity contribution in [1.82, 2.24) is 24.6 Å². The van der Waals surface area contributed by atoms with Crippen LogP contribution < -0.4 is 5.32 Å². The van der Waals surface area contributed by atoms with Crippen LogP contribution in [0, 0.1) is 11.3 Å².